The molecule has 0 aliphatic carbocycles. The molecule has 2 N–H and O–H groups in total. The number of rotatable bonds is 4. The second kappa shape index (κ2) is 6.61. The van der Waals surface area contributed by atoms with E-state index in [2.05, 4.69) is 0 Å². The van der Waals surface area contributed by atoms with Gasteiger partial charge in [-0.05, 0) is 54.8 Å². The van der Waals surface area contributed by atoms with E-state index in [0.29, 0.717) is 5.56 Å². The van der Waals surface area contributed by atoms with Crippen LogP contribution in [-0.4, -0.2) is 0 Å². The summed E-state index contributed by atoms with van der Waals surface area (Å²) in [7, 11) is 0. The molecular formula is C16H17ClFNS. The molecule has 20 heavy (non-hydrogen) atoms. The van der Waals surface area contributed by atoms with Gasteiger partial charge < -0.3 is 5.73 Å². The van der Waals surface area contributed by atoms with Crippen LogP contribution in [0.5, 0.6) is 0 Å². The van der Waals surface area contributed by atoms with Crippen LogP contribution in [0.15, 0.2) is 41.3 Å². The van der Waals surface area contributed by atoms with Gasteiger partial charge >= 0.3 is 0 Å². The zero-order valence-electron chi connectivity index (χ0n) is 11.5. The second-order valence-corrected chi connectivity index (χ2v) is 6.30. The van der Waals surface area contributed by atoms with E-state index >= 15 is 0 Å². The minimum Gasteiger partial charge on any atom is -0.324 e. The van der Waals surface area contributed by atoms with E-state index in [1.54, 1.807) is 24.8 Å². The first-order valence-corrected chi connectivity index (χ1v) is 7.76. The normalized spacial score (nSPS) is 12.4. The lowest BCUT2D eigenvalue weighted by Gasteiger charge is -2.14. The minimum absolute atomic E-state index is 0.183. The lowest BCUT2D eigenvalue weighted by atomic mass is 10.1. The number of aryl methyl sites for hydroxylation is 1. The molecule has 0 amide bonds. The van der Waals surface area contributed by atoms with Gasteiger partial charge in [0, 0.05) is 21.7 Å². The van der Waals surface area contributed by atoms with Crippen LogP contribution in [0.3, 0.4) is 0 Å². The molecule has 4 heteroatoms. The standard InChI is InChI=1S/C16H17ClFNS/c1-10-7-16(14(11(2)19)8-15(10)18)20-9-12-3-5-13(17)6-4-12/h3-8,11H,9,19H2,1-2H3/t11-/m0/s1. The lowest BCUT2D eigenvalue weighted by Crippen LogP contribution is -2.07. The van der Waals surface area contributed by atoms with Crippen LogP contribution >= 0.6 is 23.4 Å². The van der Waals surface area contributed by atoms with Crippen molar-refractivity contribution < 1.29 is 4.39 Å². The molecule has 0 spiro atoms. The molecule has 1 nitrogen and oxygen atoms in total. The van der Waals surface area contributed by atoms with Crippen LogP contribution in [0.2, 0.25) is 5.02 Å². The molecule has 0 radical (unpaired) electrons. The first-order valence-electron chi connectivity index (χ1n) is 6.40. The highest BCUT2D eigenvalue weighted by Crippen LogP contribution is 2.31. The molecule has 0 heterocycles. The van der Waals surface area contributed by atoms with Crippen molar-refractivity contribution in [1.82, 2.24) is 0 Å². The van der Waals surface area contributed by atoms with Gasteiger partial charge in [-0.25, -0.2) is 4.39 Å². The minimum atomic E-state index is -0.201. The first kappa shape index (κ1) is 15.4. The van der Waals surface area contributed by atoms with E-state index in [1.165, 1.54) is 5.56 Å². The fourth-order valence-electron chi connectivity index (χ4n) is 1.89. The molecule has 2 aromatic carbocycles. The Morgan fingerprint density at radius 2 is 1.90 bits per heavy atom. The smallest absolute Gasteiger partial charge is 0.126 e. The molecule has 0 aromatic heterocycles. The number of nitrogens with two attached hydrogens (primary N) is 1. The van der Waals surface area contributed by atoms with E-state index in [4.69, 9.17) is 17.3 Å². The Morgan fingerprint density at radius 1 is 1.25 bits per heavy atom. The van der Waals surface area contributed by atoms with Gasteiger partial charge in [0.1, 0.15) is 5.82 Å². The molecule has 0 bridgehead atoms. The van der Waals surface area contributed by atoms with Crippen molar-refractivity contribution in [3.63, 3.8) is 0 Å². The van der Waals surface area contributed by atoms with Gasteiger partial charge in [-0.1, -0.05) is 23.7 Å². The molecule has 106 valence electrons. The largest absolute Gasteiger partial charge is 0.324 e. The van der Waals surface area contributed by atoms with Crippen molar-refractivity contribution in [3.05, 3.63) is 63.9 Å². The SMILES string of the molecule is Cc1cc(SCc2ccc(Cl)cc2)c([C@H](C)N)cc1F. The third-order valence-electron chi connectivity index (χ3n) is 3.09. The Balaban J connectivity index is 2.20. The first-order chi connectivity index (χ1) is 9.47. The Bertz CT molecular complexity index is 596. The highest BCUT2D eigenvalue weighted by Gasteiger charge is 2.11. The van der Waals surface area contributed by atoms with Crippen LogP contribution in [0, 0.1) is 12.7 Å². The van der Waals surface area contributed by atoms with E-state index in [0.717, 1.165) is 21.2 Å². The Hall–Kier alpha value is -1.03. The van der Waals surface area contributed by atoms with Gasteiger partial charge in [-0.2, -0.15) is 0 Å². The van der Waals surface area contributed by atoms with Crippen LogP contribution in [0.25, 0.3) is 0 Å². The highest BCUT2D eigenvalue weighted by molar-refractivity contribution is 7.98. The molecule has 0 saturated heterocycles. The predicted octanol–water partition coefficient (Wildman–Crippen LogP) is 5.10. The average Bonchev–Trinajstić information content (AvgIpc) is 2.41. The molecule has 0 saturated carbocycles. The van der Waals surface area contributed by atoms with E-state index < -0.39 is 0 Å². The predicted molar refractivity (Wildman–Crippen MR) is 84.8 cm³/mol. The summed E-state index contributed by atoms with van der Waals surface area (Å²) in [6.07, 6.45) is 0. The van der Waals surface area contributed by atoms with Crippen LogP contribution in [0.1, 0.15) is 29.7 Å². The summed E-state index contributed by atoms with van der Waals surface area (Å²) in [5.41, 5.74) is 8.60. The Kier molecular flexibility index (Phi) is 5.08. The molecule has 1 atom stereocenters. The van der Waals surface area contributed by atoms with Crippen LogP contribution in [-0.2, 0) is 5.75 Å². The summed E-state index contributed by atoms with van der Waals surface area (Å²) in [4.78, 5) is 1.04. The highest BCUT2D eigenvalue weighted by atomic mass is 35.5. The lowest BCUT2D eigenvalue weighted by molar-refractivity contribution is 0.610. The molecule has 2 aromatic rings. The van der Waals surface area contributed by atoms with Gasteiger partial charge in [-0.3, -0.25) is 0 Å². The third kappa shape index (κ3) is 3.75. The Labute approximate surface area is 128 Å². The average molecular weight is 310 g/mol. The fourth-order valence-corrected chi connectivity index (χ4v) is 3.21. The van der Waals surface area contributed by atoms with Crippen molar-refractivity contribution in [2.45, 2.75) is 30.5 Å². The van der Waals surface area contributed by atoms with E-state index in [1.807, 2.05) is 37.3 Å². The van der Waals surface area contributed by atoms with Gasteiger partial charge in [0.2, 0.25) is 0 Å². The van der Waals surface area contributed by atoms with Gasteiger partial charge in [0.25, 0.3) is 0 Å². The maximum Gasteiger partial charge on any atom is 0.126 e. The third-order valence-corrected chi connectivity index (χ3v) is 4.48. The maximum atomic E-state index is 13.6. The summed E-state index contributed by atoms with van der Waals surface area (Å²) in [6.45, 7) is 3.64. The Morgan fingerprint density at radius 3 is 2.50 bits per heavy atom. The molecule has 0 aliphatic heterocycles. The topological polar surface area (TPSA) is 26.0 Å². The van der Waals surface area contributed by atoms with Gasteiger partial charge in [-0.15, -0.1) is 11.8 Å². The second-order valence-electron chi connectivity index (χ2n) is 4.84. The molecule has 0 unspecified atom stereocenters. The summed E-state index contributed by atoms with van der Waals surface area (Å²) >= 11 is 7.54. The summed E-state index contributed by atoms with van der Waals surface area (Å²) in [6, 6.07) is 11.0. The van der Waals surface area contributed by atoms with Crippen molar-refractivity contribution in [2.24, 2.45) is 5.73 Å². The quantitative estimate of drug-likeness (QED) is 0.795. The van der Waals surface area contributed by atoms with Crippen molar-refractivity contribution in [3.8, 4) is 0 Å². The maximum absolute atomic E-state index is 13.6. The summed E-state index contributed by atoms with van der Waals surface area (Å²) in [5, 5.41) is 0.729. The van der Waals surface area contributed by atoms with Crippen LogP contribution in [0.4, 0.5) is 4.39 Å². The number of benzene rings is 2. The number of thioether (sulfide) groups is 1. The van der Waals surface area contributed by atoms with Crippen LogP contribution < -0.4 is 5.73 Å². The van der Waals surface area contributed by atoms with Crippen molar-refractivity contribution in [1.29, 1.82) is 0 Å². The number of hydrogen-bond donors (Lipinski definition) is 1. The zero-order chi connectivity index (χ0) is 14.7. The van der Waals surface area contributed by atoms with E-state index in [-0.39, 0.29) is 11.9 Å². The fraction of sp³-hybridized carbons (Fsp3) is 0.250. The number of hydrogen-bond acceptors (Lipinski definition) is 2. The zero-order valence-corrected chi connectivity index (χ0v) is 13.1. The summed E-state index contributed by atoms with van der Waals surface area (Å²) in [5.74, 6) is 0.607. The molecule has 0 aliphatic rings. The number of halogens is 2. The van der Waals surface area contributed by atoms with Crippen molar-refractivity contribution >= 4 is 23.4 Å². The molecule has 2 rings (SSSR count). The molecule has 0 fully saturated rings. The molecular weight excluding hydrogens is 293 g/mol. The van der Waals surface area contributed by atoms with E-state index in [9.17, 15) is 4.39 Å². The monoisotopic (exact) mass is 309 g/mol. The van der Waals surface area contributed by atoms with Gasteiger partial charge in [0.05, 0.1) is 0 Å². The van der Waals surface area contributed by atoms with Crippen molar-refractivity contribution in [2.75, 3.05) is 0 Å². The van der Waals surface area contributed by atoms with Gasteiger partial charge in [0.15, 0.2) is 0 Å². The summed E-state index contributed by atoms with van der Waals surface area (Å²) < 4.78 is 13.6.